The molecule has 3 aromatic rings. The van der Waals surface area contributed by atoms with Crippen LogP contribution in [0.3, 0.4) is 0 Å². The highest BCUT2D eigenvalue weighted by Gasteiger charge is 2.34. The Hall–Kier alpha value is -2.54. The summed E-state index contributed by atoms with van der Waals surface area (Å²) in [6.07, 6.45) is 6.99. The van der Waals surface area contributed by atoms with Gasteiger partial charge >= 0.3 is 0 Å². The number of tetrazole rings is 1. The van der Waals surface area contributed by atoms with Crippen LogP contribution in [-0.2, 0) is 0 Å². The maximum atomic E-state index is 13.4. The van der Waals surface area contributed by atoms with Gasteiger partial charge in [-0.2, -0.15) is 0 Å². The van der Waals surface area contributed by atoms with Crippen molar-refractivity contribution >= 4 is 10.9 Å². The molecule has 2 fully saturated rings. The molecule has 1 aliphatic heterocycles. The summed E-state index contributed by atoms with van der Waals surface area (Å²) in [4.78, 5) is 19.0. The summed E-state index contributed by atoms with van der Waals surface area (Å²) in [5.41, 5.74) is 3.92. The molecular formula is C24H32N6O. The summed E-state index contributed by atoms with van der Waals surface area (Å²) in [7, 11) is 0. The molecule has 5 rings (SSSR count). The van der Waals surface area contributed by atoms with Crippen molar-refractivity contribution in [1.82, 2.24) is 30.1 Å². The lowest BCUT2D eigenvalue weighted by molar-refractivity contribution is 0.139. The first-order chi connectivity index (χ1) is 15.0. The minimum Gasteiger partial charge on any atom is -0.321 e. The summed E-state index contributed by atoms with van der Waals surface area (Å²) < 4.78 is 2.02. The third-order valence-corrected chi connectivity index (χ3v) is 7.10. The summed E-state index contributed by atoms with van der Waals surface area (Å²) in [6, 6.07) is 6.44. The van der Waals surface area contributed by atoms with Crippen molar-refractivity contribution < 1.29 is 0 Å². The van der Waals surface area contributed by atoms with Gasteiger partial charge in [0.15, 0.2) is 5.82 Å². The molecule has 2 aromatic heterocycles. The van der Waals surface area contributed by atoms with Gasteiger partial charge in [0.25, 0.3) is 5.56 Å². The van der Waals surface area contributed by atoms with Crippen molar-refractivity contribution in [2.24, 2.45) is 5.92 Å². The fraction of sp³-hybridized carbons (Fsp3) is 0.583. The number of H-pyrrole nitrogens is 1. The Morgan fingerprint density at radius 1 is 1.10 bits per heavy atom. The molecule has 0 radical (unpaired) electrons. The van der Waals surface area contributed by atoms with E-state index in [1.165, 1.54) is 24.8 Å². The molecule has 3 heterocycles. The molecule has 0 spiro atoms. The standard InChI is InChI=1S/C24H32N6O/c1-15-7-6-10-29(14-15)22(23-26-27-28-30(23)19-8-4-5-9-19)20-13-18-12-16(2)11-17(3)21(18)25-24(20)31/h11-13,15,19,22H,4-10,14H2,1-3H3,(H,25,31)/t15-,22+/m0/s1. The summed E-state index contributed by atoms with van der Waals surface area (Å²) >= 11 is 0. The van der Waals surface area contributed by atoms with E-state index in [0.717, 1.165) is 60.2 Å². The summed E-state index contributed by atoms with van der Waals surface area (Å²) in [6.45, 7) is 8.35. The first-order valence-electron chi connectivity index (χ1n) is 11.7. The van der Waals surface area contributed by atoms with Crippen molar-refractivity contribution in [2.45, 2.75) is 71.4 Å². The molecule has 0 bridgehead atoms. The van der Waals surface area contributed by atoms with E-state index in [1.807, 2.05) is 4.68 Å². The number of aryl methyl sites for hydroxylation is 2. The lowest BCUT2D eigenvalue weighted by Crippen LogP contribution is -2.41. The van der Waals surface area contributed by atoms with E-state index in [9.17, 15) is 4.79 Å². The van der Waals surface area contributed by atoms with E-state index in [2.05, 4.69) is 64.4 Å². The van der Waals surface area contributed by atoms with Gasteiger partial charge in [0.05, 0.1) is 11.6 Å². The topological polar surface area (TPSA) is 79.7 Å². The second-order valence-electron chi connectivity index (χ2n) is 9.66. The number of likely N-dealkylation sites (tertiary alicyclic amines) is 1. The van der Waals surface area contributed by atoms with Gasteiger partial charge in [-0.25, -0.2) is 4.68 Å². The molecular weight excluding hydrogens is 388 g/mol. The Balaban J connectivity index is 1.67. The van der Waals surface area contributed by atoms with Crippen LogP contribution in [0.4, 0.5) is 0 Å². The quantitative estimate of drug-likeness (QED) is 0.688. The summed E-state index contributed by atoms with van der Waals surface area (Å²) in [5, 5.41) is 14.0. The van der Waals surface area contributed by atoms with E-state index in [0.29, 0.717) is 12.0 Å². The van der Waals surface area contributed by atoms with Crippen LogP contribution in [0.15, 0.2) is 23.0 Å². The lowest BCUT2D eigenvalue weighted by Gasteiger charge is -2.36. The summed E-state index contributed by atoms with van der Waals surface area (Å²) in [5.74, 6) is 1.41. The van der Waals surface area contributed by atoms with Gasteiger partial charge in [0.2, 0.25) is 0 Å². The molecule has 0 amide bonds. The zero-order valence-corrected chi connectivity index (χ0v) is 18.8. The Kier molecular flexibility index (Phi) is 5.38. The van der Waals surface area contributed by atoms with Gasteiger partial charge in [-0.1, -0.05) is 31.4 Å². The number of nitrogens with zero attached hydrogens (tertiary/aromatic N) is 5. The zero-order valence-electron chi connectivity index (χ0n) is 18.8. The Bertz CT molecular complexity index is 1140. The normalized spacial score (nSPS) is 21.7. The van der Waals surface area contributed by atoms with Gasteiger partial charge in [-0.3, -0.25) is 9.69 Å². The van der Waals surface area contributed by atoms with Crippen molar-refractivity contribution in [3.05, 3.63) is 51.1 Å². The van der Waals surface area contributed by atoms with Crippen LogP contribution >= 0.6 is 0 Å². The molecule has 2 atom stereocenters. The van der Waals surface area contributed by atoms with Gasteiger partial charge in [0.1, 0.15) is 6.04 Å². The minimum absolute atomic E-state index is 0.0383. The van der Waals surface area contributed by atoms with Crippen LogP contribution in [-0.4, -0.2) is 43.2 Å². The van der Waals surface area contributed by atoms with Crippen LogP contribution < -0.4 is 5.56 Å². The number of benzene rings is 1. The number of nitrogens with one attached hydrogen (secondary N) is 1. The van der Waals surface area contributed by atoms with Gasteiger partial charge < -0.3 is 4.98 Å². The molecule has 2 aliphatic rings. The number of aromatic amines is 1. The van der Waals surface area contributed by atoms with Crippen molar-refractivity contribution in [3.8, 4) is 0 Å². The molecule has 1 aromatic carbocycles. The monoisotopic (exact) mass is 420 g/mol. The number of fused-ring (bicyclic) bond motifs is 1. The number of aromatic nitrogens is 5. The minimum atomic E-state index is -0.229. The van der Waals surface area contributed by atoms with Gasteiger partial charge in [0, 0.05) is 12.1 Å². The Labute approximate surface area is 182 Å². The SMILES string of the molecule is Cc1cc(C)c2[nH]c(=O)c([C@H](c3nnnn3C3CCCC3)N3CCC[C@H](C)C3)cc2c1. The van der Waals surface area contributed by atoms with Crippen molar-refractivity contribution in [3.63, 3.8) is 0 Å². The van der Waals surface area contributed by atoms with Crippen LogP contribution in [0.2, 0.25) is 0 Å². The number of hydrogen-bond acceptors (Lipinski definition) is 5. The zero-order chi connectivity index (χ0) is 21.5. The molecule has 1 N–H and O–H groups in total. The molecule has 7 nitrogen and oxygen atoms in total. The van der Waals surface area contributed by atoms with E-state index in [1.54, 1.807) is 0 Å². The third-order valence-electron chi connectivity index (χ3n) is 7.10. The van der Waals surface area contributed by atoms with Gasteiger partial charge in [-0.05, 0) is 85.5 Å². The molecule has 1 saturated heterocycles. The number of rotatable bonds is 4. The fourth-order valence-corrected chi connectivity index (χ4v) is 5.66. The van der Waals surface area contributed by atoms with Gasteiger partial charge in [-0.15, -0.1) is 5.10 Å². The average Bonchev–Trinajstić information content (AvgIpc) is 3.41. The largest absolute Gasteiger partial charge is 0.321 e. The second kappa shape index (κ2) is 8.19. The number of hydrogen-bond donors (Lipinski definition) is 1. The average molecular weight is 421 g/mol. The first-order valence-corrected chi connectivity index (χ1v) is 11.7. The predicted octanol–water partition coefficient (Wildman–Crippen LogP) is 4.07. The molecule has 0 unspecified atom stereocenters. The Morgan fingerprint density at radius 3 is 2.68 bits per heavy atom. The van der Waals surface area contributed by atoms with Crippen molar-refractivity contribution in [1.29, 1.82) is 0 Å². The van der Waals surface area contributed by atoms with Crippen LogP contribution in [0.5, 0.6) is 0 Å². The molecule has 1 aliphatic carbocycles. The number of piperidine rings is 1. The maximum Gasteiger partial charge on any atom is 0.253 e. The smallest absolute Gasteiger partial charge is 0.253 e. The van der Waals surface area contributed by atoms with E-state index in [-0.39, 0.29) is 11.6 Å². The van der Waals surface area contributed by atoms with E-state index < -0.39 is 0 Å². The van der Waals surface area contributed by atoms with Crippen LogP contribution in [0, 0.1) is 19.8 Å². The van der Waals surface area contributed by atoms with E-state index in [4.69, 9.17) is 0 Å². The Morgan fingerprint density at radius 2 is 1.90 bits per heavy atom. The van der Waals surface area contributed by atoms with Crippen LogP contribution in [0.1, 0.15) is 80.0 Å². The highest BCUT2D eigenvalue weighted by atomic mass is 16.1. The highest BCUT2D eigenvalue weighted by molar-refractivity contribution is 5.83. The highest BCUT2D eigenvalue weighted by Crippen LogP contribution is 2.35. The predicted molar refractivity (Wildman–Crippen MR) is 121 cm³/mol. The molecule has 7 heteroatoms. The third kappa shape index (κ3) is 3.80. The van der Waals surface area contributed by atoms with Crippen LogP contribution in [0.25, 0.3) is 10.9 Å². The first kappa shape index (κ1) is 20.4. The number of pyridine rings is 1. The molecule has 31 heavy (non-hydrogen) atoms. The molecule has 1 saturated carbocycles. The fourth-order valence-electron chi connectivity index (χ4n) is 5.66. The second-order valence-corrected chi connectivity index (χ2v) is 9.66. The molecule has 164 valence electrons. The maximum absolute atomic E-state index is 13.4. The van der Waals surface area contributed by atoms with E-state index >= 15 is 0 Å². The van der Waals surface area contributed by atoms with Crippen molar-refractivity contribution in [2.75, 3.05) is 13.1 Å². The lowest BCUT2D eigenvalue weighted by atomic mass is 9.95.